The van der Waals surface area contributed by atoms with E-state index in [1.807, 2.05) is 20.8 Å². The van der Waals surface area contributed by atoms with Crippen molar-refractivity contribution in [3.63, 3.8) is 0 Å². The lowest BCUT2D eigenvalue weighted by Crippen LogP contribution is -2.18. The minimum absolute atomic E-state index is 0.108. The van der Waals surface area contributed by atoms with Crippen molar-refractivity contribution in [1.29, 1.82) is 0 Å². The van der Waals surface area contributed by atoms with E-state index in [-0.39, 0.29) is 17.3 Å². The molecule has 0 amide bonds. The molecule has 0 radical (unpaired) electrons. The topological polar surface area (TPSA) is 37.8 Å². The van der Waals surface area contributed by atoms with Gasteiger partial charge in [-0.2, -0.15) is 0 Å². The Hall–Kier alpha value is -1.84. The van der Waals surface area contributed by atoms with Gasteiger partial charge in [-0.05, 0) is 31.0 Å². The van der Waals surface area contributed by atoms with E-state index >= 15 is 0 Å². The molecule has 0 aliphatic heterocycles. The Kier molecular flexibility index (Phi) is 2.88. The average molecular weight is 234 g/mol. The first-order valence-electron chi connectivity index (χ1n) is 5.58. The van der Waals surface area contributed by atoms with E-state index in [4.69, 9.17) is 0 Å². The summed E-state index contributed by atoms with van der Waals surface area (Å²) in [7, 11) is 0. The highest BCUT2D eigenvalue weighted by Gasteiger charge is 2.15. The lowest BCUT2D eigenvalue weighted by Gasteiger charge is -2.01. The monoisotopic (exact) mass is 234 g/mol. The maximum absolute atomic E-state index is 13.1. The molecule has 1 N–H and O–H groups in total. The molecular weight excluding hydrogens is 219 g/mol. The number of aromatic nitrogens is 2. The van der Waals surface area contributed by atoms with Crippen LogP contribution in [0.1, 0.15) is 31.0 Å². The Morgan fingerprint density at radius 1 is 1.35 bits per heavy atom. The predicted molar refractivity (Wildman–Crippen MR) is 65.2 cm³/mol. The quantitative estimate of drug-likeness (QED) is 0.852. The fourth-order valence-electron chi connectivity index (χ4n) is 2.04. The van der Waals surface area contributed by atoms with E-state index in [9.17, 15) is 9.18 Å². The van der Waals surface area contributed by atoms with Crippen LogP contribution in [0.2, 0.25) is 0 Å². The Bertz CT molecular complexity index is 596. The Balaban J connectivity index is 2.62. The van der Waals surface area contributed by atoms with Gasteiger partial charge in [0.05, 0.1) is 5.69 Å². The largest absolute Gasteiger partial charge is 0.295 e. The fraction of sp³-hybridized carbons (Fsp3) is 0.308. The van der Waals surface area contributed by atoms with Crippen LogP contribution in [0.5, 0.6) is 0 Å². The van der Waals surface area contributed by atoms with Crippen LogP contribution in [-0.4, -0.2) is 9.78 Å². The summed E-state index contributed by atoms with van der Waals surface area (Å²) in [6, 6.07) is 5.97. The van der Waals surface area contributed by atoms with Gasteiger partial charge in [0.1, 0.15) is 5.82 Å². The van der Waals surface area contributed by atoms with Crippen LogP contribution in [0, 0.1) is 12.7 Å². The summed E-state index contributed by atoms with van der Waals surface area (Å²) in [6.45, 7) is 5.79. The second-order valence-corrected chi connectivity index (χ2v) is 4.43. The van der Waals surface area contributed by atoms with Crippen LogP contribution in [0.4, 0.5) is 4.39 Å². The number of halogens is 1. The highest BCUT2D eigenvalue weighted by Crippen LogP contribution is 2.15. The zero-order valence-corrected chi connectivity index (χ0v) is 10.1. The number of H-pyrrole nitrogens is 1. The molecule has 0 spiro atoms. The molecule has 0 bridgehead atoms. The molecule has 0 saturated carbocycles. The lowest BCUT2D eigenvalue weighted by atomic mass is 10.1. The minimum Gasteiger partial charge on any atom is -0.295 e. The standard InChI is InChI=1S/C13H15FN2O/c1-8(2)12-9(3)15-16(13(12)17)11-6-4-5-10(14)7-11/h4-8,15H,1-3H3. The van der Waals surface area contributed by atoms with E-state index in [1.165, 1.54) is 16.8 Å². The molecule has 4 heteroatoms. The average Bonchev–Trinajstić information content (AvgIpc) is 2.54. The number of hydrogen-bond donors (Lipinski definition) is 1. The van der Waals surface area contributed by atoms with Gasteiger partial charge in [-0.25, -0.2) is 9.07 Å². The first kappa shape index (κ1) is 11.6. The third-order valence-corrected chi connectivity index (χ3v) is 2.76. The van der Waals surface area contributed by atoms with Crippen LogP contribution < -0.4 is 5.56 Å². The second-order valence-electron chi connectivity index (χ2n) is 4.43. The maximum atomic E-state index is 13.1. The van der Waals surface area contributed by atoms with Gasteiger partial charge in [0.25, 0.3) is 5.56 Å². The number of aromatic amines is 1. The normalized spacial score (nSPS) is 11.1. The van der Waals surface area contributed by atoms with Crippen molar-refractivity contribution in [2.45, 2.75) is 26.7 Å². The molecule has 0 aliphatic carbocycles. The van der Waals surface area contributed by atoms with Crippen LogP contribution in [0.15, 0.2) is 29.1 Å². The van der Waals surface area contributed by atoms with Gasteiger partial charge in [-0.1, -0.05) is 19.9 Å². The summed E-state index contributed by atoms with van der Waals surface area (Å²) in [5.74, 6) is -0.207. The zero-order valence-electron chi connectivity index (χ0n) is 10.1. The van der Waals surface area contributed by atoms with Crippen molar-refractivity contribution < 1.29 is 4.39 Å². The van der Waals surface area contributed by atoms with Gasteiger partial charge in [0.15, 0.2) is 0 Å². The van der Waals surface area contributed by atoms with E-state index in [0.717, 1.165) is 11.3 Å². The van der Waals surface area contributed by atoms with Gasteiger partial charge in [0.2, 0.25) is 0 Å². The molecule has 1 aromatic heterocycles. The molecular formula is C13H15FN2O. The van der Waals surface area contributed by atoms with Gasteiger partial charge in [-0.3, -0.25) is 9.89 Å². The van der Waals surface area contributed by atoms with Gasteiger partial charge in [0, 0.05) is 11.3 Å². The van der Waals surface area contributed by atoms with Crippen molar-refractivity contribution in [1.82, 2.24) is 9.78 Å². The molecule has 0 unspecified atom stereocenters. The second kappa shape index (κ2) is 4.20. The lowest BCUT2D eigenvalue weighted by molar-refractivity contribution is 0.625. The van der Waals surface area contributed by atoms with E-state index in [1.54, 1.807) is 12.1 Å². The molecule has 90 valence electrons. The van der Waals surface area contributed by atoms with Crippen molar-refractivity contribution in [3.05, 3.63) is 51.7 Å². The van der Waals surface area contributed by atoms with Crippen LogP contribution in [-0.2, 0) is 0 Å². The first-order chi connectivity index (χ1) is 8.00. The van der Waals surface area contributed by atoms with Crippen molar-refractivity contribution in [2.24, 2.45) is 0 Å². The SMILES string of the molecule is Cc1[nH]n(-c2cccc(F)c2)c(=O)c1C(C)C. The summed E-state index contributed by atoms with van der Waals surface area (Å²) >= 11 is 0. The summed E-state index contributed by atoms with van der Waals surface area (Å²) in [5.41, 5.74) is 1.98. The van der Waals surface area contributed by atoms with Crippen LogP contribution in [0.3, 0.4) is 0 Å². The van der Waals surface area contributed by atoms with Crippen molar-refractivity contribution in [3.8, 4) is 5.69 Å². The number of benzene rings is 1. The van der Waals surface area contributed by atoms with E-state index in [2.05, 4.69) is 5.10 Å². The van der Waals surface area contributed by atoms with E-state index < -0.39 is 0 Å². The van der Waals surface area contributed by atoms with Crippen molar-refractivity contribution >= 4 is 0 Å². The minimum atomic E-state index is -0.354. The maximum Gasteiger partial charge on any atom is 0.274 e. The zero-order chi connectivity index (χ0) is 12.6. The number of nitrogens with zero attached hydrogens (tertiary/aromatic N) is 1. The number of aryl methyl sites for hydroxylation is 1. The molecule has 17 heavy (non-hydrogen) atoms. The van der Waals surface area contributed by atoms with E-state index in [0.29, 0.717) is 5.69 Å². The van der Waals surface area contributed by atoms with Crippen LogP contribution >= 0.6 is 0 Å². The molecule has 1 heterocycles. The molecule has 3 nitrogen and oxygen atoms in total. The Labute approximate surface area is 98.9 Å². The van der Waals surface area contributed by atoms with Gasteiger partial charge < -0.3 is 0 Å². The molecule has 0 atom stereocenters. The first-order valence-corrected chi connectivity index (χ1v) is 5.58. The molecule has 1 aromatic carbocycles. The summed E-state index contributed by atoms with van der Waals surface area (Å²) in [5, 5.41) is 2.98. The highest BCUT2D eigenvalue weighted by atomic mass is 19.1. The Morgan fingerprint density at radius 2 is 2.06 bits per heavy atom. The molecule has 0 saturated heterocycles. The Morgan fingerprint density at radius 3 is 2.59 bits per heavy atom. The third-order valence-electron chi connectivity index (χ3n) is 2.76. The van der Waals surface area contributed by atoms with Gasteiger partial charge >= 0.3 is 0 Å². The van der Waals surface area contributed by atoms with Crippen LogP contribution in [0.25, 0.3) is 5.69 Å². The summed E-state index contributed by atoms with van der Waals surface area (Å²) in [6.07, 6.45) is 0. The number of nitrogens with one attached hydrogen (secondary N) is 1. The molecule has 0 fully saturated rings. The third kappa shape index (κ3) is 2.02. The summed E-state index contributed by atoms with van der Waals surface area (Å²) < 4.78 is 14.5. The van der Waals surface area contributed by atoms with Crippen molar-refractivity contribution in [2.75, 3.05) is 0 Å². The highest BCUT2D eigenvalue weighted by molar-refractivity contribution is 5.34. The number of rotatable bonds is 2. The van der Waals surface area contributed by atoms with Gasteiger partial charge in [-0.15, -0.1) is 0 Å². The smallest absolute Gasteiger partial charge is 0.274 e. The fourth-order valence-corrected chi connectivity index (χ4v) is 2.04. The molecule has 0 aliphatic rings. The predicted octanol–water partition coefficient (Wildman–Crippen LogP) is 2.74. The summed E-state index contributed by atoms with van der Waals surface area (Å²) in [4.78, 5) is 12.2. The molecule has 2 rings (SSSR count). The molecule has 2 aromatic rings. The number of hydrogen-bond acceptors (Lipinski definition) is 1.